The summed E-state index contributed by atoms with van der Waals surface area (Å²) in [5.41, 5.74) is 2.09. The first kappa shape index (κ1) is 19.2. The predicted octanol–water partition coefficient (Wildman–Crippen LogP) is 7.30. The number of unbranched alkanes of at least 4 members (excludes halogenated alkanes) is 4. The number of carbonyl (C=O) groups is 1. The molecule has 0 aromatic heterocycles. The van der Waals surface area contributed by atoms with Crippen LogP contribution in [0.4, 0.5) is 0 Å². The maximum Gasteiger partial charge on any atom is 0.168 e. The van der Waals surface area contributed by atoms with Crippen LogP contribution >= 0.6 is 0 Å². The summed E-state index contributed by atoms with van der Waals surface area (Å²) in [6, 6.07) is 8.57. The molecule has 0 saturated heterocycles. The SMILES string of the molecule is CCCCCCCC(C)(C)C(=O)c1ccc(C2CCCCC2)cc1. The smallest absolute Gasteiger partial charge is 0.168 e. The first-order valence-corrected chi connectivity index (χ1v) is 10.2. The molecule has 1 aromatic carbocycles. The van der Waals surface area contributed by atoms with E-state index in [1.54, 1.807) is 0 Å². The van der Waals surface area contributed by atoms with Crippen LogP contribution < -0.4 is 0 Å². The first-order valence-electron chi connectivity index (χ1n) is 10.2. The molecular formula is C23H36O. The van der Waals surface area contributed by atoms with Crippen molar-refractivity contribution >= 4 is 5.78 Å². The molecule has 0 spiro atoms. The Balaban J connectivity index is 1.90. The second kappa shape index (κ2) is 9.39. The Labute approximate surface area is 149 Å². The summed E-state index contributed by atoms with van der Waals surface area (Å²) < 4.78 is 0. The fraction of sp³-hybridized carbons (Fsp3) is 0.696. The molecule has 2 rings (SSSR count). The Morgan fingerprint density at radius 2 is 1.58 bits per heavy atom. The van der Waals surface area contributed by atoms with E-state index in [2.05, 4.69) is 45.0 Å². The topological polar surface area (TPSA) is 17.1 Å². The van der Waals surface area contributed by atoms with Crippen molar-refractivity contribution in [3.05, 3.63) is 35.4 Å². The van der Waals surface area contributed by atoms with E-state index in [9.17, 15) is 4.79 Å². The van der Waals surface area contributed by atoms with Gasteiger partial charge in [0.2, 0.25) is 0 Å². The standard InChI is InChI=1S/C23H36O/c1-4-5-6-7-11-18-23(2,3)22(24)21-16-14-20(15-17-21)19-12-9-8-10-13-19/h14-17,19H,4-13,18H2,1-3H3. The number of Topliss-reactive ketones (excluding diaryl/α,β-unsaturated/α-hetero) is 1. The number of hydrogen-bond donors (Lipinski definition) is 0. The molecule has 0 amide bonds. The number of hydrogen-bond acceptors (Lipinski definition) is 1. The zero-order valence-corrected chi connectivity index (χ0v) is 16.1. The molecule has 0 heterocycles. The molecule has 1 saturated carbocycles. The van der Waals surface area contributed by atoms with Gasteiger partial charge in [0, 0.05) is 11.0 Å². The lowest BCUT2D eigenvalue weighted by Crippen LogP contribution is -2.24. The normalized spacial score (nSPS) is 16.3. The van der Waals surface area contributed by atoms with Crippen LogP contribution in [0.2, 0.25) is 0 Å². The molecule has 1 fully saturated rings. The van der Waals surface area contributed by atoms with E-state index in [1.807, 2.05) is 0 Å². The summed E-state index contributed by atoms with van der Waals surface area (Å²) in [4.78, 5) is 12.9. The highest BCUT2D eigenvalue weighted by Crippen LogP contribution is 2.34. The molecule has 0 radical (unpaired) electrons. The van der Waals surface area contributed by atoms with Gasteiger partial charge in [0.05, 0.1) is 0 Å². The molecule has 1 aliphatic carbocycles. The van der Waals surface area contributed by atoms with Crippen LogP contribution in [0.1, 0.15) is 113 Å². The summed E-state index contributed by atoms with van der Waals surface area (Å²) in [6.07, 6.45) is 14.0. The van der Waals surface area contributed by atoms with E-state index >= 15 is 0 Å². The van der Waals surface area contributed by atoms with Crippen LogP contribution in [-0.4, -0.2) is 5.78 Å². The van der Waals surface area contributed by atoms with E-state index in [4.69, 9.17) is 0 Å². The van der Waals surface area contributed by atoms with Gasteiger partial charge in [-0.3, -0.25) is 4.79 Å². The van der Waals surface area contributed by atoms with Crippen molar-refractivity contribution in [1.29, 1.82) is 0 Å². The zero-order valence-electron chi connectivity index (χ0n) is 16.1. The number of rotatable bonds is 9. The molecule has 1 nitrogen and oxygen atoms in total. The molecule has 0 unspecified atom stereocenters. The lowest BCUT2D eigenvalue weighted by atomic mass is 9.79. The number of benzene rings is 1. The lowest BCUT2D eigenvalue weighted by molar-refractivity contribution is 0.0822. The van der Waals surface area contributed by atoms with E-state index < -0.39 is 0 Å². The van der Waals surface area contributed by atoms with Crippen molar-refractivity contribution < 1.29 is 4.79 Å². The van der Waals surface area contributed by atoms with Crippen LogP contribution in [0.3, 0.4) is 0 Å². The Morgan fingerprint density at radius 3 is 2.21 bits per heavy atom. The molecule has 1 aromatic rings. The second-order valence-corrected chi connectivity index (χ2v) is 8.33. The van der Waals surface area contributed by atoms with Crippen LogP contribution in [0.15, 0.2) is 24.3 Å². The highest BCUT2D eigenvalue weighted by Gasteiger charge is 2.28. The van der Waals surface area contributed by atoms with Gasteiger partial charge in [-0.2, -0.15) is 0 Å². The van der Waals surface area contributed by atoms with Crippen molar-refractivity contribution in [2.24, 2.45) is 5.41 Å². The van der Waals surface area contributed by atoms with Gasteiger partial charge in [0.1, 0.15) is 0 Å². The lowest BCUT2D eigenvalue weighted by Gasteiger charge is -2.24. The third kappa shape index (κ3) is 5.46. The summed E-state index contributed by atoms with van der Waals surface area (Å²) in [6.45, 7) is 6.47. The van der Waals surface area contributed by atoms with Gasteiger partial charge in [0.25, 0.3) is 0 Å². The van der Waals surface area contributed by atoms with Gasteiger partial charge in [-0.25, -0.2) is 0 Å². The van der Waals surface area contributed by atoms with Crippen molar-refractivity contribution in [1.82, 2.24) is 0 Å². The van der Waals surface area contributed by atoms with Gasteiger partial charge in [0.15, 0.2) is 5.78 Å². The first-order chi connectivity index (χ1) is 11.5. The average molecular weight is 329 g/mol. The molecule has 0 bridgehead atoms. The molecule has 1 aliphatic rings. The highest BCUT2D eigenvalue weighted by atomic mass is 16.1. The van der Waals surface area contributed by atoms with Gasteiger partial charge < -0.3 is 0 Å². The van der Waals surface area contributed by atoms with E-state index in [0.29, 0.717) is 5.78 Å². The Kier molecular flexibility index (Phi) is 7.52. The fourth-order valence-corrected chi connectivity index (χ4v) is 4.02. The van der Waals surface area contributed by atoms with Crippen molar-refractivity contribution in [3.63, 3.8) is 0 Å². The number of ketones is 1. The van der Waals surface area contributed by atoms with Crippen molar-refractivity contribution in [3.8, 4) is 0 Å². The van der Waals surface area contributed by atoms with E-state index in [0.717, 1.165) is 17.9 Å². The molecule has 0 aliphatic heterocycles. The van der Waals surface area contributed by atoms with Crippen LogP contribution in [0.25, 0.3) is 0 Å². The molecule has 24 heavy (non-hydrogen) atoms. The zero-order chi connectivity index (χ0) is 17.4. The summed E-state index contributed by atoms with van der Waals surface area (Å²) in [5, 5.41) is 0. The molecule has 1 heteroatoms. The Hall–Kier alpha value is -1.11. The van der Waals surface area contributed by atoms with Crippen molar-refractivity contribution in [2.75, 3.05) is 0 Å². The highest BCUT2D eigenvalue weighted by molar-refractivity contribution is 6.00. The Bertz CT molecular complexity index is 491. The minimum absolute atomic E-state index is 0.238. The third-order valence-corrected chi connectivity index (χ3v) is 5.77. The van der Waals surface area contributed by atoms with Crippen molar-refractivity contribution in [2.45, 2.75) is 97.3 Å². The average Bonchev–Trinajstić information content (AvgIpc) is 2.62. The van der Waals surface area contributed by atoms with Gasteiger partial charge in [-0.1, -0.05) is 96.4 Å². The van der Waals surface area contributed by atoms with Crippen LogP contribution in [0, 0.1) is 5.41 Å². The minimum Gasteiger partial charge on any atom is -0.294 e. The third-order valence-electron chi connectivity index (χ3n) is 5.77. The minimum atomic E-state index is -0.238. The van der Waals surface area contributed by atoms with E-state index in [-0.39, 0.29) is 5.41 Å². The molecule has 0 N–H and O–H groups in total. The van der Waals surface area contributed by atoms with Gasteiger partial charge in [-0.05, 0) is 30.7 Å². The Morgan fingerprint density at radius 1 is 0.958 bits per heavy atom. The molecular weight excluding hydrogens is 292 g/mol. The van der Waals surface area contributed by atoms with E-state index in [1.165, 1.54) is 69.8 Å². The van der Waals surface area contributed by atoms with Gasteiger partial charge >= 0.3 is 0 Å². The summed E-state index contributed by atoms with van der Waals surface area (Å²) in [7, 11) is 0. The maximum absolute atomic E-state index is 12.9. The second-order valence-electron chi connectivity index (χ2n) is 8.33. The quantitative estimate of drug-likeness (QED) is 0.343. The fourth-order valence-electron chi connectivity index (χ4n) is 4.02. The number of carbonyl (C=O) groups excluding carboxylic acids is 1. The predicted molar refractivity (Wildman–Crippen MR) is 104 cm³/mol. The summed E-state index contributed by atoms with van der Waals surface area (Å²) >= 11 is 0. The monoisotopic (exact) mass is 328 g/mol. The molecule has 0 atom stereocenters. The van der Waals surface area contributed by atoms with Gasteiger partial charge in [-0.15, -0.1) is 0 Å². The maximum atomic E-state index is 12.9. The summed E-state index contributed by atoms with van der Waals surface area (Å²) in [5.74, 6) is 1.03. The molecule has 134 valence electrons. The van der Waals surface area contributed by atoms with Crippen LogP contribution in [-0.2, 0) is 0 Å². The van der Waals surface area contributed by atoms with Crippen LogP contribution in [0.5, 0.6) is 0 Å². The largest absolute Gasteiger partial charge is 0.294 e.